The molecule has 0 aromatic heterocycles. The van der Waals surface area contributed by atoms with Crippen LogP contribution in [0, 0.1) is 0 Å². The molecule has 32 heavy (non-hydrogen) atoms. The van der Waals surface area contributed by atoms with E-state index >= 15 is 0 Å². The van der Waals surface area contributed by atoms with E-state index in [1.165, 1.54) is 82.3 Å². The van der Waals surface area contributed by atoms with Gasteiger partial charge in [0, 0.05) is 0 Å². The SMILES string of the molecule is CC(=O)CP(=O)(Oc1ccc(C2CCCCC2)cc1)Oc1ccc(C2CCCCC2)cc1. The fourth-order valence-corrected chi connectivity index (χ4v) is 6.75. The van der Waals surface area contributed by atoms with E-state index < -0.39 is 7.60 Å². The largest absolute Gasteiger partial charge is 0.438 e. The van der Waals surface area contributed by atoms with E-state index in [-0.39, 0.29) is 11.9 Å². The number of rotatable bonds is 8. The van der Waals surface area contributed by atoms with Gasteiger partial charge in [-0.25, -0.2) is 4.57 Å². The summed E-state index contributed by atoms with van der Waals surface area (Å²) < 4.78 is 25.1. The van der Waals surface area contributed by atoms with Crippen molar-refractivity contribution in [2.24, 2.45) is 0 Å². The average Bonchev–Trinajstić information content (AvgIpc) is 2.80. The Morgan fingerprint density at radius 3 is 1.44 bits per heavy atom. The molecule has 172 valence electrons. The van der Waals surface area contributed by atoms with Gasteiger partial charge in [-0.15, -0.1) is 0 Å². The molecule has 2 aromatic rings. The summed E-state index contributed by atoms with van der Waals surface area (Å²) in [6.07, 6.45) is 12.4. The lowest BCUT2D eigenvalue weighted by Crippen LogP contribution is -2.11. The van der Waals surface area contributed by atoms with Crippen LogP contribution in [-0.2, 0) is 9.36 Å². The molecular formula is C27H35O4P. The zero-order valence-electron chi connectivity index (χ0n) is 19.1. The average molecular weight is 455 g/mol. The Labute approximate surface area is 192 Å². The van der Waals surface area contributed by atoms with Gasteiger partial charge >= 0.3 is 7.60 Å². The van der Waals surface area contributed by atoms with E-state index in [0.717, 1.165) is 0 Å². The summed E-state index contributed by atoms with van der Waals surface area (Å²) in [7, 11) is -3.66. The van der Waals surface area contributed by atoms with Crippen molar-refractivity contribution in [3.05, 3.63) is 59.7 Å². The van der Waals surface area contributed by atoms with Crippen molar-refractivity contribution in [3.63, 3.8) is 0 Å². The predicted molar refractivity (Wildman–Crippen MR) is 129 cm³/mol. The Morgan fingerprint density at radius 2 is 1.09 bits per heavy atom. The highest BCUT2D eigenvalue weighted by molar-refractivity contribution is 7.55. The second kappa shape index (κ2) is 10.7. The molecule has 0 atom stereocenters. The third kappa shape index (κ3) is 6.25. The first-order chi connectivity index (χ1) is 15.5. The molecule has 0 aliphatic heterocycles. The lowest BCUT2D eigenvalue weighted by atomic mass is 9.84. The number of hydrogen-bond donors (Lipinski definition) is 0. The van der Waals surface area contributed by atoms with Crippen LogP contribution in [0.2, 0.25) is 0 Å². The molecule has 0 amide bonds. The Hall–Kier alpha value is -2.06. The number of carbonyl (C=O) groups excluding carboxylic acids is 1. The summed E-state index contributed by atoms with van der Waals surface area (Å²) >= 11 is 0. The van der Waals surface area contributed by atoms with Crippen LogP contribution in [0.5, 0.6) is 11.5 Å². The van der Waals surface area contributed by atoms with Crippen molar-refractivity contribution in [1.29, 1.82) is 0 Å². The normalized spacial score (nSPS) is 18.3. The minimum atomic E-state index is -3.66. The Balaban J connectivity index is 1.44. The van der Waals surface area contributed by atoms with E-state index in [4.69, 9.17) is 9.05 Å². The molecule has 0 unspecified atom stereocenters. The zero-order valence-corrected chi connectivity index (χ0v) is 20.0. The van der Waals surface area contributed by atoms with E-state index in [0.29, 0.717) is 23.3 Å². The van der Waals surface area contributed by atoms with Gasteiger partial charge < -0.3 is 9.05 Å². The fourth-order valence-electron chi connectivity index (χ4n) is 5.15. The number of hydrogen-bond acceptors (Lipinski definition) is 4. The number of Topliss-reactive ketones (excluding diaryl/α,β-unsaturated/α-hetero) is 1. The first-order valence-electron chi connectivity index (χ1n) is 12.2. The van der Waals surface area contributed by atoms with E-state index in [2.05, 4.69) is 24.3 Å². The number of benzene rings is 2. The van der Waals surface area contributed by atoms with Crippen LogP contribution in [0.15, 0.2) is 48.5 Å². The molecule has 2 fully saturated rings. The fraction of sp³-hybridized carbons (Fsp3) is 0.519. The van der Waals surface area contributed by atoms with Gasteiger partial charge in [0.05, 0.1) is 0 Å². The summed E-state index contributed by atoms with van der Waals surface area (Å²) in [5.41, 5.74) is 2.61. The third-order valence-electron chi connectivity index (χ3n) is 6.82. The van der Waals surface area contributed by atoms with Crippen LogP contribution in [-0.4, -0.2) is 11.9 Å². The lowest BCUT2D eigenvalue weighted by Gasteiger charge is -2.23. The third-order valence-corrected chi connectivity index (χ3v) is 8.63. The summed E-state index contributed by atoms with van der Waals surface area (Å²) in [4.78, 5) is 11.8. The van der Waals surface area contributed by atoms with E-state index in [9.17, 15) is 9.36 Å². The Kier molecular flexibility index (Phi) is 7.73. The lowest BCUT2D eigenvalue weighted by molar-refractivity contribution is -0.114. The zero-order chi connectivity index (χ0) is 22.4. The summed E-state index contributed by atoms with van der Waals surface area (Å²) in [5.74, 6) is 1.94. The number of ketones is 1. The van der Waals surface area contributed by atoms with E-state index in [1.807, 2.05) is 24.3 Å². The van der Waals surface area contributed by atoms with Crippen LogP contribution in [0.25, 0.3) is 0 Å². The maximum atomic E-state index is 13.5. The molecule has 0 saturated heterocycles. The molecule has 2 aromatic carbocycles. The molecule has 2 aliphatic rings. The first kappa shape index (κ1) is 23.1. The van der Waals surface area contributed by atoms with Gasteiger partial charge in [-0.2, -0.15) is 0 Å². The predicted octanol–water partition coefficient (Wildman–Crippen LogP) is 8.02. The van der Waals surface area contributed by atoms with Gasteiger partial charge in [0.25, 0.3) is 0 Å². The first-order valence-corrected chi connectivity index (χ1v) is 13.9. The summed E-state index contributed by atoms with van der Waals surface area (Å²) in [6, 6.07) is 15.6. The van der Waals surface area contributed by atoms with Crippen molar-refractivity contribution in [2.45, 2.75) is 83.0 Å². The minimum absolute atomic E-state index is 0.217. The second-order valence-corrected chi connectivity index (χ2v) is 11.4. The molecule has 0 radical (unpaired) electrons. The summed E-state index contributed by atoms with van der Waals surface area (Å²) in [6.45, 7) is 1.41. The van der Waals surface area contributed by atoms with Crippen LogP contribution in [0.3, 0.4) is 0 Å². The van der Waals surface area contributed by atoms with Crippen molar-refractivity contribution >= 4 is 13.4 Å². The topological polar surface area (TPSA) is 52.6 Å². The van der Waals surface area contributed by atoms with Crippen molar-refractivity contribution < 1.29 is 18.4 Å². The van der Waals surface area contributed by atoms with E-state index in [1.54, 1.807) is 0 Å². The van der Waals surface area contributed by atoms with Gasteiger partial charge in [-0.3, -0.25) is 4.79 Å². The van der Waals surface area contributed by atoms with Crippen LogP contribution in [0.1, 0.15) is 94.1 Å². The number of carbonyl (C=O) groups is 1. The monoisotopic (exact) mass is 454 g/mol. The molecule has 0 bridgehead atoms. The second-order valence-electron chi connectivity index (χ2n) is 9.46. The molecule has 5 heteroatoms. The minimum Gasteiger partial charge on any atom is -0.416 e. The maximum absolute atomic E-state index is 13.5. The van der Waals surface area contributed by atoms with Crippen molar-refractivity contribution in [3.8, 4) is 11.5 Å². The molecule has 0 spiro atoms. The smallest absolute Gasteiger partial charge is 0.416 e. The van der Waals surface area contributed by atoms with Gasteiger partial charge in [0.2, 0.25) is 0 Å². The van der Waals surface area contributed by atoms with Gasteiger partial charge in [0.15, 0.2) is 0 Å². The molecule has 0 N–H and O–H groups in total. The molecule has 2 saturated carbocycles. The van der Waals surface area contributed by atoms with Crippen molar-refractivity contribution in [1.82, 2.24) is 0 Å². The van der Waals surface area contributed by atoms with Gasteiger partial charge in [0.1, 0.15) is 23.4 Å². The highest BCUT2D eigenvalue weighted by Crippen LogP contribution is 2.49. The van der Waals surface area contributed by atoms with Crippen molar-refractivity contribution in [2.75, 3.05) is 6.16 Å². The highest BCUT2D eigenvalue weighted by atomic mass is 31.2. The van der Waals surface area contributed by atoms with Crippen LogP contribution >= 0.6 is 7.60 Å². The molecule has 0 heterocycles. The Bertz CT molecular complexity index is 856. The Morgan fingerprint density at radius 1 is 0.719 bits per heavy atom. The summed E-state index contributed by atoms with van der Waals surface area (Å²) in [5, 5.41) is 0. The maximum Gasteiger partial charge on any atom is 0.438 e. The quantitative estimate of drug-likeness (QED) is 0.379. The molecular weight excluding hydrogens is 419 g/mol. The molecule has 2 aliphatic carbocycles. The van der Waals surface area contributed by atoms with Gasteiger partial charge in [-0.1, -0.05) is 62.8 Å². The molecule has 4 rings (SSSR count). The van der Waals surface area contributed by atoms with Crippen LogP contribution in [0.4, 0.5) is 0 Å². The highest BCUT2D eigenvalue weighted by Gasteiger charge is 2.31. The standard InChI is InChI=1S/C27H35O4P/c1-21(28)20-32(29,30-26-16-12-24(13-17-26)22-8-4-2-5-9-22)31-27-18-14-25(15-19-27)23-10-6-3-7-11-23/h12-19,22-23H,2-11,20H2,1H3. The molecule has 4 nitrogen and oxygen atoms in total. The van der Waals surface area contributed by atoms with Crippen LogP contribution < -0.4 is 9.05 Å². The van der Waals surface area contributed by atoms with Gasteiger partial charge in [-0.05, 0) is 79.8 Å².